The van der Waals surface area contributed by atoms with E-state index in [1.807, 2.05) is 43.3 Å². The minimum absolute atomic E-state index is 0.139. The van der Waals surface area contributed by atoms with Crippen molar-refractivity contribution < 1.29 is 9.90 Å². The summed E-state index contributed by atoms with van der Waals surface area (Å²) in [5, 5.41) is 8.99. The number of rotatable bonds is 3. The average Bonchev–Trinajstić information content (AvgIpc) is 2.90. The third kappa shape index (κ3) is 2.43. The number of anilines is 1. The summed E-state index contributed by atoms with van der Waals surface area (Å²) < 4.78 is 0. The highest BCUT2D eigenvalue weighted by Gasteiger charge is 2.10. The molecule has 0 bridgehead atoms. The van der Waals surface area contributed by atoms with Crippen molar-refractivity contribution in [2.75, 3.05) is 19.0 Å². The van der Waals surface area contributed by atoms with Gasteiger partial charge in [-0.15, -0.1) is 0 Å². The minimum atomic E-state index is -1.00. The third-order valence-corrected chi connectivity index (χ3v) is 3.22. The van der Waals surface area contributed by atoms with Crippen LogP contribution < -0.4 is 4.90 Å². The lowest BCUT2D eigenvalue weighted by molar-refractivity contribution is 0.0696. The van der Waals surface area contributed by atoms with Gasteiger partial charge in [0, 0.05) is 31.5 Å². The number of aromatic nitrogens is 3. The summed E-state index contributed by atoms with van der Waals surface area (Å²) in [5.74, 6) is -0.334. The van der Waals surface area contributed by atoms with Crippen LogP contribution in [0.3, 0.4) is 0 Å². The molecule has 0 aliphatic heterocycles. The number of hydrogen-bond acceptors (Lipinski definition) is 4. The summed E-state index contributed by atoms with van der Waals surface area (Å²) in [6, 6.07) is 9.45. The molecule has 0 aliphatic carbocycles. The fraction of sp³-hybridized carbons (Fsp3) is 0.133. The number of nitrogens with zero attached hydrogens (tertiary/aromatic N) is 3. The molecular formula is C15H14N4O2. The maximum atomic E-state index is 11.0. The second kappa shape index (κ2) is 4.90. The van der Waals surface area contributed by atoms with Crippen LogP contribution in [0.5, 0.6) is 0 Å². The first kappa shape index (κ1) is 13.1. The zero-order chi connectivity index (χ0) is 15.0. The molecule has 1 aromatic carbocycles. The second-order valence-corrected chi connectivity index (χ2v) is 4.93. The van der Waals surface area contributed by atoms with Gasteiger partial charge in [0.25, 0.3) is 0 Å². The van der Waals surface area contributed by atoms with Gasteiger partial charge in [-0.05, 0) is 18.2 Å². The topological polar surface area (TPSA) is 82.1 Å². The number of fused-ring (bicyclic) bond motifs is 1. The summed E-state index contributed by atoms with van der Waals surface area (Å²) in [6.07, 6.45) is 1.31. The van der Waals surface area contributed by atoms with Crippen molar-refractivity contribution in [3.63, 3.8) is 0 Å². The lowest BCUT2D eigenvalue weighted by Gasteiger charge is -2.12. The number of aromatic amines is 1. The van der Waals surface area contributed by atoms with Gasteiger partial charge in [0.2, 0.25) is 0 Å². The Kier molecular flexibility index (Phi) is 3.06. The fourth-order valence-electron chi connectivity index (χ4n) is 2.09. The van der Waals surface area contributed by atoms with Crippen LogP contribution in [0.2, 0.25) is 0 Å². The zero-order valence-electron chi connectivity index (χ0n) is 11.7. The molecule has 0 atom stereocenters. The minimum Gasteiger partial charge on any atom is -0.478 e. The zero-order valence-corrected chi connectivity index (χ0v) is 11.7. The van der Waals surface area contributed by atoms with Gasteiger partial charge >= 0.3 is 5.97 Å². The molecule has 2 aromatic heterocycles. The van der Waals surface area contributed by atoms with Crippen LogP contribution in [-0.4, -0.2) is 40.1 Å². The van der Waals surface area contributed by atoms with E-state index in [9.17, 15) is 4.79 Å². The SMILES string of the molecule is CN(C)c1cccc(-c2nc3ncc(C(=O)O)cc3[nH]2)c1. The highest BCUT2D eigenvalue weighted by molar-refractivity contribution is 5.91. The van der Waals surface area contributed by atoms with Gasteiger partial charge in [-0.1, -0.05) is 12.1 Å². The van der Waals surface area contributed by atoms with Gasteiger partial charge in [-0.2, -0.15) is 0 Å². The van der Waals surface area contributed by atoms with Crippen LogP contribution in [0.25, 0.3) is 22.6 Å². The Balaban J connectivity index is 2.08. The molecule has 0 unspecified atom stereocenters. The van der Waals surface area contributed by atoms with E-state index >= 15 is 0 Å². The Morgan fingerprint density at radius 2 is 2.10 bits per heavy atom. The number of aromatic carboxylic acids is 1. The van der Waals surface area contributed by atoms with Crippen molar-refractivity contribution in [2.45, 2.75) is 0 Å². The van der Waals surface area contributed by atoms with Crippen molar-refractivity contribution in [1.29, 1.82) is 0 Å². The molecule has 6 heteroatoms. The summed E-state index contributed by atoms with van der Waals surface area (Å²) in [4.78, 5) is 24.6. The first-order chi connectivity index (χ1) is 10.0. The van der Waals surface area contributed by atoms with E-state index in [0.29, 0.717) is 17.0 Å². The van der Waals surface area contributed by atoms with Gasteiger partial charge in [0.05, 0.1) is 11.1 Å². The molecule has 0 saturated carbocycles. The predicted molar refractivity (Wildman–Crippen MR) is 80.6 cm³/mol. The van der Waals surface area contributed by atoms with Gasteiger partial charge in [-0.3, -0.25) is 0 Å². The molecule has 2 N–H and O–H groups in total. The molecule has 0 saturated heterocycles. The van der Waals surface area contributed by atoms with E-state index in [-0.39, 0.29) is 5.56 Å². The normalized spacial score (nSPS) is 10.8. The number of imidazole rings is 1. The molecule has 0 radical (unpaired) electrons. The molecule has 0 spiro atoms. The number of pyridine rings is 1. The van der Waals surface area contributed by atoms with Crippen molar-refractivity contribution in [3.8, 4) is 11.4 Å². The van der Waals surface area contributed by atoms with Gasteiger partial charge in [0.15, 0.2) is 5.65 Å². The molecule has 21 heavy (non-hydrogen) atoms. The van der Waals surface area contributed by atoms with Crippen LogP contribution in [0.4, 0.5) is 5.69 Å². The number of hydrogen-bond donors (Lipinski definition) is 2. The van der Waals surface area contributed by atoms with Crippen molar-refractivity contribution in [2.24, 2.45) is 0 Å². The predicted octanol–water partition coefficient (Wildman–Crippen LogP) is 2.39. The van der Waals surface area contributed by atoms with E-state index in [1.165, 1.54) is 12.3 Å². The molecule has 0 aliphatic rings. The number of carboxylic acids is 1. The van der Waals surface area contributed by atoms with Crippen molar-refractivity contribution in [3.05, 3.63) is 42.1 Å². The van der Waals surface area contributed by atoms with E-state index in [0.717, 1.165) is 11.3 Å². The molecule has 3 aromatic rings. The van der Waals surface area contributed by atoms with Gasteiger partial charge < -0.3 is 15.0 Å². The molecule has 6 nitrogen and oxygen atoms in total. The smallest absolute Gasteiger partial charge is 0.337 e. The second-order valence-electron chi connectivity index (χ2n) is 4.93. The highest BCUT2D eigenvalue weighted by atomic mass is 16.4. The van der Waals surface area contributed by atoms with Crippen LogP contribution in [0, 0.1) is 0 Å². The van der Waals surface area contributed by atoms with E-state index in [4.69, 9.17) is 5.11 Å². The summed E-state index contributed by atoms with van der Waals surface area (Å²) >= 11 is 0. The van der Waals surface area contributed by atoms with Crippen LogP contribution >= 0.6 is 0 Å². The largest absolute Gasteiger partial charge is 0.478 e. The Hall–Kier alpha value is -2.89. The van der Waals surface area contributed by atoms with Gasteiger partial charge in [0.1, 0.15) is 5.82 Å². The molecule has 106 valence electrons. The Morgan fingerprint density at radius 3 is 2.81 bits per heavy atom. The molecule has 3 rings (SSSR count). The molecule has 0 fully saturated rings. The molecular weight excluding hydrogens is 268 g/mol. The first-order valence-corrected chi connectivity index (χ1v) is 6.41. The number of benzene rings is 1. The monoisotopic (exact) mass is 282 g/mol. The molecule has 0 amide bonds. The van der Waals surface area contributed by atoms with E-state index < -0.39 is 5.97 Å². The molecule has 2 heterocycles. The quantitative estimate of drug-likeness (QED) is 0.770. The summed E-state index contributed by atoms with van der Waals surface area (Å²) in [7, 11) is 3.94. The lowest BCUT2D eigenvalue weighted by atomic mass is 10.2. The Labute approximate surface area is 121 Å². The summed E-state index contributed by atoms with van der Waals surface area (Å²) in [5.41, 5.74) is 3.24. The fourth-order valence-corrected chi connectivity index (χ4v) is 2.09. The maximum Gasteiger partial charge on any atom is 0.337 e. The average molecular weight is 282 g/mol. The third-order valence-electron chi connectivity index (χ3n) is 3.22. The highest BCUT2D eigenvalue weighted by Crippen LogP contribution is 2.23. The van der Waals surface area contributed by atoms with E-state index in [2.05, 4.69) is 15.0 Å². The number of H-pyrrole nitrogens is 1. The van der Waals surface area contributed by atoms with E-state index in [1.54, 1.807) is 0 Å². The summed E-state index contributed by atoms with van der Waals surface area (Å²) in [6.45, 7) is 0. The number of carbonyl (C=O) groups is 1. The van der Waals surface area contributed by atoms with Crippen molar-refractivity contribution >= 4 is 22.8 Å². The van der Waals surface area contributed by atoms with Crippen molar-refractivity contribution in [1.82, 2.24) is 15.0 Å². The lowest BCUT2D eigenvalue weighted by Crippen LogP contribution is -2.08. The maximum absolute atomic E-state index is 11.0. The van der Waals surface area contributed by atoms with Crippen LogP contribution in [-0.2, 0) is 0 Å². The first-order valence-electron chi connectivity index (χ1n) is 6.41. The van der Waals surface area contributed by atoms with Crippen LogP contribution in [0.15, 0.2) is 36.5 Å². The standard InChI is InChI=1S/C15H14N4O2/c1-19(2)11-5-3-4-9(6-11)13-17-12-7-10(15(20)21)8-16-14(12)18-13/h3-8H,1-2H3,(H,20,21)(H,16,17,18). The van der Waals surface area contributed by atoms with Gasteiger partial charge in [-0.25, -0.2) is 14.8 Å². The Morgan fingerprint density at radius 1 is 1.29 bits per heavy atom. The number of nitrogens with one attached hydrogen (secondary N) is 1. The number of carboxylic acid groups (broad SMARTS) is 1. The Bertz CT molecular complexity index is 823. The van der Waals surface area contributed by atoms with Crippen LogP contribution in [0.1, 0.15) is 10.4 Å².